The van der Waals surface area contributed by atoms with Gasteiger partial charge in [0, 0.05) is 19.3 Å². The lowest BCUT2D eigenvalue weighted by molar-refractivity contribution is 0.243. The van der Waals surface area contributed by atoms with Crippen molar-refractivity contribution in [2.24, 2.45) is 0 Å². The molecule has 0 unspecified atom stereocenters. The largest absolute Gasteiger partial charge is 0.338 e. The number of nitrogens with zero attached hydrogens (tertiary/aromatic N) is 2. The lowest BCUT2D eigenvalue weighted by Crippen LogP contribution is -2.46. The van der Waals surface area contributed by atoms with E-state index in [4.69, 9.17) is 0 Å². The molecule has 0 atom stereocenters. The Morgan fingerprint density at radius 3 is 2.71 bits per heavy atom. The lowest BCUT2D eigenvalue weighted by atomic mass is 10.3. The van der Waals surface area contributed by atoms with Crippen molar-refractivity contribution in [3.05, 3.63) is 5.69 Å². The minimum absolute atomic E-state index is 0.218. The van der Waals surface area contributed by atoms with Crippen LogP contribution in [0.15, 0.2) is 4.21 Å². The standard InChI is InChI=1S/C9H13N3O3S2/c1-6-7(17(2,14)15)16-9(11-6)12-5-3-4-10-8(12)13/h3-5H2,1-2H3,(H,10,13). The highest BCUT2D eigenvalue weighted by molar-refractivity contribution is 7.92. The van der Waals surface area contributed by atoms with Gasteiger partial charge in [0.2, 0.25) is 0 Å². The number of aryl methyl sites for hydroxylation is 1. The SMILES string of the molecule is Cc1nc(N2CCCNC2=O)sc1S(C)(=O)=O. The molecule has 1 aliphatic rings. The van der Waals surface area contributed by atoms with Gasteiger partial charge in [0.15, 0.2) is 15.0 Å². The molecule has 0 radical (unpaired) electrons. The summed E-state index contributed by atoms with van der Waals surface area (Å²) in [6.07, 6.45) is 1.98. The molecule has 1 aliphatic heterocycles. The van der Waals surface area contributed by atoms with Crippen molar-refractivity contribution in [1.82, 2.24) is 10.3 Å². The van der Waals surface area contributed by atoms with Crippen LogP contribution in [0.5, 0.6) is 0 Å². The van der Waals surface area contributed by atoms with E-state index in [1.807, 2.05) is 0 Å². The number of thiazole rings is 1. The number of hydrogen-bond acceptors (Lipinski definition) is 5. The van der Waals surface area contributed by atoms with Crippen LogP contribution in [0.4, 0.5) is 9.93 Å². The molecule has 0 bridgehead atoms. The Hall–Kier alpha value is -1.15. The Balaban J connectivity index is 2.37. The molecule has 1 saturated heterocycles. The van der Waals surface area contributed by atoms with E-state index in [1.54, 1.807) is 6.92 Å². The van der Waals surface area contributed by atoms with Gasteiger partial charge in [0.1, 0.15) is 4.21 Å². The van der Waals surface area contributed by atoms with Gasteiger partial charge >= 0.3 is 6.03 Å². The number of amides is 2. The number of sulfone groups is 1. The first-order valence-electron chi connectivity index (χ1n) is 5.12. The van der Waals surface area contributed by atoms with Crippen molar-refractivity contribution in [1.29, 1.82) is 0 Å². The zero-order chi connectivity index (χ0) is 12.6. The van der Waals surface area contributed by atoms with Crippen LogP contribution < -0.4 is 10.2 Å². The maximum atomic E-state index is 11.6. The molecular formula is C9H13N3O3S2. The van der Waals surface area contributed by atoms with Gasteiger partial charge < -0.3 is 5.32 Å². The number of hydrogen-bond donors (Lipinski definition) is 1. The van der Waals surface area contributed by atoms with Crippen LogP contribution in [0.1, 0.15) is 12.1 Å². The molecule has 1 N–H and O–H groups in total. The van der Waals surface area contributed by atoms with E-state index in [0.29, 0.717) is 23.9 Å². The Kier molecular flexibility index (Phi) is 3.09. The van der Waals surface area contributed by atoms with Crippen molar-refractivity contribution >= 4 is 32.3 Å². The zero-order valence-corrected chi connectivity index (χ0v) is 11.2. The Labute approximate surface area is 104 Å². The number of nitrogens with one attached hydrogen (secondary N) is 1. The van der Waals surface area contributed by atoms with Gasteiger partial charge in [0.25, 0.3) is 0 Å². The van der Waals surface area contributed by atoms with Gasteiger partial charge in [-0.1, -0.05) is 11.3 Å². The highest BCUT2D eigenvalue weighted by Crippen LogP contribution is 2.30. The smallest absolute Gasteiger partial charge is 0.323 e. The van der Waals surface area contributed by atoms with E-state index < -0.39 is 9.84 Å². The van der Waals surface area contributed by atoms with E-state index in [2.05, 4.69) is 10.3 Å². The monoisotopic (exact) mass is 275 g/mol. The Morgan fingerprint density at radius 1 is 1.47 bits per heavy atom. The maximum Gasteiger partial charge on any atom is 0.323 e. The fraction of sp³-hybridized carbons (Fsp3) is 0.556. The summed E-state index contributed by atoms with van der Waals surface area (Å²) in [7, 11) is -3.27. The van der Waals surface area contributed by atoms with Crippen molar-refractivity contribution in [2.75, 3.05) is 24.2 Å². The average molecular weight is 275 g/mol. The van der Waals surface area contributed by atoms with Crippen LogP contribution in [0.3, 0.4) is 0 Å². The minimum atomic E-state index is -3.27. The molecule has 0 aromatic carbocycles. The van der Waals surface area contributed by atoms with Crippen molar-refractivity contribution in [2.45, 2.75) is 17.6 Å². The molecule has 0 aliphatic carbocycles. The van der Waals surface area contributed by atoms with E-state index >= 15 is 0 Å². The minimum Gasteiger partial charge on any atom is -0.338 e. The van der Waals surface area contributed by atoms with E-state index in [0.717, 1.165) is 24.0 Å². The highest BCUT2D eigenvalue weighted by Gasteiger charge is 2.25. The molecule has 0 spiro atoms. The zero-order valence-electron chi connectivity index (χ0n) is 9.56. The predicted octanol–water partition coefficient (Wildman–Crippen LogP) is 0.775. The van der Waals surface area contributed by atoms with Gasteiger partial charge in [-0.25, -0.2) is 18.2 Å². The van der Waals surface area contributed by atoms with Gasteiger partial charge in [-0.3, -0.25) is 4.90 Å². The number of aromatic nitrogens is 1. The first-order valence-corrected chi connectivity index (χ1v) is 7.83. The quantitative estimate of drug-likeness (QED) is 0.864. The van der Waals surface area contributed by atoms with E-state index in [9.17, 15) is 13.2 Å². The molecule has 1 aromatic heterocycles. The fourth-order valence-electron chi connectivity index (χ4n) is 1.64. The van der Waals surface area contributed by atoms with Gasteiger partial charge in [-0.15, -0.1) is 0 Å². The summed E-state index contributed by atoms with van der Waals surface area (Å²) in [5.41, 5.74) is 0.450. The van der Waals surface area contributed by atoms with E-state index in [-0.39, 0.29) is 10.2 Å². The molecule has 6 nitrogen and oxygen atoms in total. The topological polar surface area (TPSA) is 79.4 Å². The van der Waals surface area contributed by atoms with Crippen LogP contribution in [0, 0.1) is 6.92 Å². The molecule has 2 amide bonds. The number of rotatable bonds is 2. The molecule has 1 fully saturated rings. The van der Waals surface area contributed by atoms with E-state index in [1.165, 1.54) is 4.90 Å². The number of anilines is 1. The normalized spacial score (nSPS) is 17.1. The van der Waals surface area contributed by atoms with Crippen molar-refractivity contribution in [3.8, 4) is 0 Å². The second kappa shape index (κ2) is 4.26. The second-order valence-corrected chi connectivity index (χ2v) is 7.07. The Morgan fingerprint density at radius 2 is 2.18 bits per heavy atom. The summed E-state index contributed by atoms with van der Waals surface area (Å²) in [5.74, 6) is 0. The van der Waals surface area contributed by atoms with Gasteiger partial charge in [-0.05, 0) is 13.3 Å². The molecule has 17 heavy (non-hydrogen) atoms. The molecule has 1 aromatic rings. The first kappa shape index (κ1) is 12.3. The van der Waals surface area contributed by atoms with Crippen molar-refractivity contribution in [3.63, 3.8) is 0 Å². The second-order valence-electron chi connectivity index (χ2n) is 3.88. The molecule has 0 saturated carbocycles. The number of carbonyl (C=O) groups is 1. The molecule has 2 rings (SSSR count). The number of urea groups is 1. The third-order valence-electron chi connectivity index (χ3n) is 2.39. The molecule has 8 heteroatoms. The average Bonchev–Trinajstić information content (AvgIpc) is 2.60. The summed E-state index contributed by atoms with van der Waals surface area (Å²) in [6, 6.07) is -0.218. The third-order valence-corrected chi connectivity index (χ3v) is 5.49. The number of carbonyl (C=O) groups excluding carboxylic acids is 1. The summed E-state index contributed by atoms with van der Waals surface area (Å²) in [6.45, 7) is 2.86. The fourth-order valence-corrected chi connectivity index (χ4v) is 3.88. The Bertz CT molecular complexity index is 550. The molecular weight excluding hydrogens is 262 g/mol. The summed E-state index contributed by atoms with van der Waals surface area (Å²) >= 11 is 1.04. The summed E-state index contributed by atoms with van der Waals surface area (Å²) in [4.78, 5) is 17.2. The van der Waals surface area contributed by atoms with Gasteiger partial charge in [-0.2, -0.15) is 0 Å². The third kappa shape index (κ3) is 2.42. The van der Waals surface area contributed by atoms with Crippen LogP contribution in [0.2, 0.25) is 0 Å². The summed E-state index contributed by atoms with van der Waals surface area (Å²) < 4.78 is 23.2. The van der Waals surface area contributed by atoms with Crippen LogP contribution in [-0.2, 0) is 9.84 Å². The van der Waals surface area contributed by atoms with Crippen LogP contribution >= 0.6 is 11.3 Å². The lowest BCUT2D eigenvalue weighted by Gasteiger charge is -2.24. The van der Waals surface area contributed by atoms with Crippen LogP contribution in [-0.4, -0.2) is 38.8 Å². The predicted molar refractivity (Wildman–Crippen MR) is 65.3 cm³/mol. The first-order chi connectivity index (χ1) is 7.89. The highest BCUT2D eigenvalue weighted by atomic mass is 32.2. The maximum absolute atomic E-state index is 11.6. The van der Waals surface area contributed by atoms with Crippen molar-refractivity contribution < 1.29 is 13.2 Å². The molecule has 2 heterocycles. The molecule has 94 valence electrons. The van der Waals surface area contributed by atoms with Gasteiger partial charge in [0.05, 0.1) is 5.69 Å². The van der Waals surface area contributed by atoms with Crippen LogP contribution in [0.25, 0.3) is 0 Å². The summed E-state index contributed by atoms with van der Waals surface area (Å²) in [5, 5.41) is 3.15.